The van der Waals surface area contributed by atoms with Crippen LogP contribution in [0.15, 0.2) is 34.9 Å². The van der Waals surface area contributed by atoms with E-state index >= 15 is 0 Å². The SMILES string of the molecule is Cc1cc(CN(C)C(=O)c2ccccc2OCC(N)=O)no1. The molecule has 22 heavy (non-hydrogen) atoms. The van der Waals surface area contributed by atoms with Gasteiger partial charge in [-0.25, -0.2) is 0 Å². The van der Waals surface area contributed by atoms with Crippen molar-refractivity contribution in [2.45, 2.75) is 13.5 Å². The number of benzene rings is 1. The third-order valence-electron chi connectivity index (χ3n) is 2.91. The van der Waals surface area contributed by atoms with Crippen LogP contribution in [0, 0.1) is 6.92 Å². The van der Waals surface area contributed by atoms with Gasteiger partial charge in [0.15, 0.2) is 6.61 Å². The fraction of sp³-hybridized carbons (Fsp3) is 0.267. The molecule has 0 radical (unpaired) electrons. The maximum Gasteiger partial charge on any atom is 0.257 e. The highest BCUT2D eigenvalue weighted by molar-refractivity contribution is 5.96. The monoisotopic (exact) mass is 303 g/mol. The number of nitrogens with zero attached hydrogens (tertiary/aromatic N) is 2. The van der Waals surface area contributed by atoms with Gasteiger partial charge in [0.2, 0.25) is 0 Å². The van der Waals surface area contributed by atoms with Crippen molar-refractivity contribution in [3.8, 4) is 5.75 Å². The van der Waals surface area contributed by atoms with Gasteiger partial charge >= 0.3 is 0 Å². The van der Waals surface area contributed by atoms with Crippen LogP contribution in [-0.4, -0.2) is 35.5 Å². The molecule has 2 aromatic rings. The average molecular weight is 303 g/mol. The van der Waals surface area contributed by atoms with Crippen LogP contribution in [0.5, 0.6) is 5.75 Å². The highest BCUT2D eigenvalue weighted by atomic mass is 16.5. The Kier molecular flexibility index (Phi) is 4.77. The summed E-state index contributed by atoms with van der Waals surface area (Å²) < 4.78 is 10.2. The second-order valence-electron chi connectivity index (χ2n) is 4.84. The lowest BCUT2D eigenvalue weighted by molar-refractivity contribution is -0.119. The average Bonchev–Trinajstić information content (AvgIpc) is 2.89. The molecular weight excluding hydrogens is 286 g/mol. The Morgan fingerprint density at radius 1 is 1.36 bits per heavy atom. The molecule has 116 valence electrons. The molecule has 1 heterocycles. The minimum atomic E-state index is -0.603. The van der Waals surface area contributed by atoms with Gasteiger partial charge < -0.3 is 19.9 Å². The summed E-state index contributed by atoms with van der Waals surface area (Å²) in [7, 11) is 1.65. The molecule has 2 N–H and O–H groups in total. The minimum absolute atomic E-state index is 0.249. The van der Waals surface area contributed by atoms with Crippen molar-refractivity contribution in [2.24, 2.45) is 5.73 Å². The Bertz CT molecular complexity index is 681. The maximum absolute atomic E-state index is 12.5. The van der Waals surface area contributed by atoms with E-state index in [1.807, 2.05) is 0 Å². The van der Waals surface area contributed by atoms with Crippen LogP contribution in [0.3, 0.4) is 0 Å². The number of amides is 2. The van der Waals surface area contributed by atoms with E-state index in [9.17, 15) is 9.59 Å². The van der Waals surface area contributed by atoms with E-state index in [4.69, 9.17) is 15.0 Å². The van der Waals surface area contributed by atoms with Crippen molar-refractivity contribution >= 4 is 11.8 Å². The molecular formula is C15H17N3O4. The van der Waals surface area contributed by atoms with Crippen molar-refractivity contribution in [3.63, 3.8) is 0 Å². The molecule has 0 saturated carbocycles. The molecule has 0 unspecified atom stereocenters. The zero-order valence-corrected chi connectivity index (χ0v) is 12.4. The maximum atomic E-state index is 12.5. The fourth-order valence-corrected chi connectivity index (χ4v) is 1.93. The smallest absolute Gasteiger partial charge is 0.257 e. The number of aromatic nitrogens is 1. The van der Waals surface area contributed by atoms with E-state index < -0.39 is 5.91 Å². The summed E-state index contributed by atoms with van der Waals surface area (Å²) in [6, 6.07) is 8.44. The van der Waals surface area contributed by atoms with Crippen LogP contribution < -0.4 is 10.5 Å². The van der Waals surface area contributed by atoms with Crippen molar-refractivity contribution in [1.82, 2.24) is 10.1 Å². The van der Waals surface area contributed by atoms with Crippen molar-refractivity contribution < 1.29 is 18.8 Å². The van der Waals surface area contributed by atoms with E-state index in [1.54, 1.807) is 44.3 Å². The predicted molar refractivity (Wildman–Crippen MR) is 78.2 cm³/mol. The molecule has 0 bridgehead atoms. The Balaban J connectivity index is 2.12. The third-order valence-corrected chi connectivity index (χ3v) is 2.91. The number of rotatable bonds is 6. The van der Waals surface area contributed by atoms with Gasteiger partial charge in [-0.1, -0.05) is 17.3 Å². The Hall–Kier alpha value is -2.83. The van der Waals surface area contributed by atoms with Gasteiger partial charge in [-0.2, -0.15) is 0 Å². The summed E-state index contributed by atoms with van der Waals surface area (Å²) >= 11 is 0. The van der Waals surface area contributed by atoms with Gasteiger partial charge in [0.05, 0.1) is 12.1 Å². The normalized spacial score (nSPS) is 10.3. The first-order valence-corrected chi connectivity index (χ1v) is 6.65. The second kappa shape index (κ2) is 6.75. The van der Waals surface area contributed by atoms with E-state index in [2.05, 4.69) is 5.16 Å². The number of nitrogens with two attached hydrogens (primary N) is 1. The van der Waals surface area contributed by atoms with Gasteiger partial charge in [0.1, 0.15) is 17.2 Å². The molecule has 0 aliphatic carbocycles. The van der Waals surface area contributed by atoms with E-state index in [0.29, 0.717) is 29.3 Å². The van der Waals surface area contributed by atoms with Crippen molar-refractivity contribution in [1.29, 1.82) is 0 Å². The van der Waals surface area contributed by atoms with Gasteiger partial charge in [-0.15, -0.1) is 0 Å². The zero-order chi connectivity index (χ0) is 16.1. The Labute approximate surface area is 127 Å². The first-order chi connectivity index (χ1) is 10.5. The third kappa shape index (κ3) is 3.85. The van der Waals surface area contributed by atoms with Crippen LogP contribution in [0.25, 0.3) is 0 Å². The quantitative estimate of drug-likeness (QED) is 0.862. The number of para-hydroxylation sites is 1. The van der Waals surface area contributed by atoms with Gasteiger partial charge in [-0.05, 0) is 19.1 Å². The van der Waals surface area contributed by atoms with E-state index in [0.717, 1.165) is 0 Å². The topological polar surface area (TPSA) is 98.7 Å². The van der Waals surface area contributed by atoms with Gasteiger partial charge in [-0.3, -0.25) is 9.59 Å². The lowest BCUT2D eigenvalue weighted by Crippen LogP contribution is -2.27. The summed E-state index contributed by atoms with van der Waals surface area (Å²) in [5, 5.41) is 3.85. The molecule has 0 spiro atoms. The second-order valence-corrected chi connectivity index (χ2v) is 4.84. The summed E-state index contributed by atoms with van der Waals surface area (Å²) in [6.07, 6.45) is 0. The molecule has 1 aromatic carbocycles. The van der Waals surface area contributed by atoms with Gasteiger partial charge in [0.25, 0.3) is 11.8 Å². The zero-order valence-electron chi connectivity index (χ0n) is 12.4. The fourth-order valence-electron chi connectivity index (χ4n) is 1.93. The number of ether oxygens (including phenoxy) is 1. The molecule has 7 nitrogen and oxygen atoms in total. The van der Waals surface area contributed by atoms with Crippen LogP contribution in [0.1, 0.15) is 21.8 Å². The number of aryl methyl sites for hydroxylation is 1. The Morgan fingerprint density at radius 3 is 2.73 bits per heavy atom. The summed E-state index contributed by atoms with van der Waals surface area (Å²) in [5.74, 6) is 0.143. The number of hydrogen-bond donors (Lipinski definition) is 1. The molecule has 0 atom stereocenters. The molecule has 0 aliphatic rings. The number of primary amides is 1. The number of carbonyl (C=O) groups is 2. The van der Waals surface area contributed by atoms with Crippen LogP contribution in [0.4, 0.5) is 0 Å². The predicted octanol–water partition coefficient (Wildman–Crippen LogP) is 1.12. The summed E-state index contributed by atoms with van der Waals surface area (Å²) in [6.45, 7) is 1.81. The molecule has 2 amide bonds. The number of hydrogen-bond acceptors (Lipinski definition) is 5. The van der Waals surface area contributed by atoms with Gasteiger partial charge in [0, 0.05) is 13.1 Å². The molecule has 2 rings (SSSR count). The van der Waals surface area contributed by atoms with Crippen LogP contribution in [0.2, 0.25) is 0 Å². The lowest BCUT2D eigenvalue weighted by Gasteiger charge is -2.17. The largest absolute Gasteiger partial charge is 0.483 e. The first kappa shape index (κ1) is 15.6. The highest BCUT2D eigenvalue weighted by Gasteiger charge is 2.18. The molecule has 1 aromatic heterocycles. The summed E-state index contributed by atoms with van der Waals surface area (Å²) in [5.41, 5.74) is 6.06. The molecule has 7 heteroatoms. The van der Waals surface area contributed by atoms with Crippen molar-refractivity contribution in [3.05, 3.63) is 47.3 Å². The standard InChI is InChI=1S/C15H17N3O4/c1-10-7-11(17-22-10)8-18(2)15(20)12-5-3-4-6-13(12)21-9-14(16)19/h3-7H,8-9H2,1-2H3,(H2,16,19). The lowest BCUT2D eigenvalue weighted by atomic mass is 10.1. The van der Waals surface area contributed by atoms with Crippen LogP contribution >= 0.6 is 0 Å². The Morgan fingerprint density at radius 2 is 2.09 bits per heavy atom. The molecule has 0 fully saturated rings. The molecule has 0 aliphatic heterocycles. The van der Waals surface area contributed by atoms with E-state index in [1.165, 1.54) is 4.90 Å². The minimum Gasteiger partial charge on any atom is -0.483 e. The summed E-state index contributed by atoms with van der Waals surface area (Å²) in [4.78, 5) is 24.8. The number of carbonyl (C=O) groups excluding carboxylic acids is 2. The molecule has 0 saturated heterocycles. The van der Waals surface area contributed by atoms with Crippen molar-refractivity contribution in [2.75, 3.05) is 13.7 Å². The van der Waals surface area contributed by atoms with E-state index in [-0.39, 0.29) is 12.5 Å². The highest BCUT2D eigenvalue weighted by Crippen LogP contribution is 2.20. The van der Waals surface area contributed by atoms with Crippen LogP contribution in [-0.2, 0) is 11.3 Å². The first-order valence-electron chi connectivity index (χ1n) is 6.65.